The molecule has 1 aromatic carbocycles. The number of carbonyl (C=O) groups excluding carboxylic acids is 1. The molecule has 0 aliphatic heterocycles. The highest BCUT2D eigenvalue weighted by molar-refractivity contribution is 7.10. The van der Waals surface area contributed by atoms with Crippen molar-refractivity contribution in [3.05, 3.63) is 46.2 Å². The molecule has 6 nitrogen and oxygen atoms in total. The van der Waals surface area contributed by atoms with Crippen LogP contribution in [0.25, 0.3) is 0 Å². The Morgan fingerprint density at radius 3 is 2.70 bits per heavy atom. The van der Waals surface area contributed by atoms with Crippen LogP contribution in [0.4, 0.5) is 0 Å². The number of amides is 1. The Kier molecular flexibility index (Phi) is 5.59. The summed E-state index contributed by atoms with van der Waals surface area (Å²) in [6, 6.07) is 7.99. The predicted molar refractivity (Wildman–Crippen MR) is 86.3 cm³/mol. The first-order valence-electron chi connectivity index (χ1n) is 6.88. The summed E-state index contributed by atoms with van der Waals surface area (Å²) in [4.78, 5) is 23.9. The van der Waals surface area contributed by atoms with Gasteiger partial charge in [-0.05, 0) is 36.6 Å². The number of carbonyl (C=O) groups is 2. The molecule has 1 heterocycles. The lowest BCUT2D eigenvalue weighted by molar-refractivity contribution is -0.123. The smallest absolute Gasteiger partial charge is 0.335 e. The minimum absolute atomic E-state index is 0.0879. The van der Waals surface area contributed by atoms with E-state index in [4.69, 9.17) is 14.6 Å². The van der Waals surface area contributed by atoms with Gasteiger partial charge >= 0.3 is 5.97 Å². The van der Waals surface area contributed by atoms with Crippen LogP contribution < -0.4 is 14.8 Å². The molecule has 0 unspecified atom stereocenters. The van der Waals surface area contributed by atoms with Gasteiger partial charge in [-0.25, -0.2) is 4.79 Å². The van der Waals surface area contributed by atoms with E-state index in [-0.39, 0.29) is 29.9 Å². The van der Waals surface area contributed by atoms with Crippen molar-refractivity contribution >= 4 is 23.2 Å². The summed E-state index contributed by atoms with van der Waals surface area (Å²) in [5.41, 5.74) is 0.0879. The number of methoxy groups -OCH3 is 1. The van der Waals surface area contributed by atoms with E-state index in [0.29, 0.717) is 5.75 Å². The standard InChI is InChI=1S/C16H17NO5S/c1-10(14-4-3-7-23-14)17-15(18)9-22-12-6-5-11(16(19)20)8-13(12)21-2/h3-8,10H,9H2,1-2H3,(H,17,18)(H,19,20)/t10-/m0/s1. The molecule has 0 saturated carbocycles. The van der Waals surface area contributed by atoms with Crippen LogP contribution in [0, 0.1) is 0 Å². The van der Waals surface area contributed by atoms with Crippen LogP contribution in [0.5, 0.6) is 11.5 Å². The van der Waals surface area contributed by atoms with Crippen molar-refractivity contribution in [2.45, 2.75) is 13.0 Å². The molecule has 2 N–H and O–H groups in total. The van der Waals surface area contributed by atoms with E-state index in [2.05, 4.69) is 5.32 Å². The fraction of sp³-hybridized carbons (Fsp3) is 0.250. The molecule has 0 aliphatic rings. The van der Waals surface area contributed by atoms with Crippen molar-refractivity contribution in [1.29, 1.82) is 0 Å². The van der Waals surface area contributed by atoms with Crippen molar-refractivity contribution in [2.24, 2.45) is 0 Å². The molecule has 0 radical (unpaired) electrons. The zero-order chi connectivity index (χ0) is 16.8. The second-order valence-electron chi connectivity index (χ2n) is 4.76. The lowest BCUT2D eigenvalue weighted by Gasteiger charge is -2.14. The van der Waals surface area contributed by atoms with Crippen LogP contribution in [0.1, 0.15) is 28.2 Å². The maximum atomic E-state index is 11.9. The largest absolute Gasteiger partial charge is 0.493 e. The Hall–Kier alpha value is -2.54. The molecule has 2 aromatic rings. The second kappa shape index (κ2) is 7.64. The molecule has 1 atom stereocenters. The van der Waals surface area contributed by atoms with Crippen LogP contribution in [0.3, 0.4) is 0 Å². The number of aromatic carboxylic acids is 1. The average Bonchev–Trinajstić information content (AvgIpc) is 3.07. The van der Waals surface area contributed by atoms with E-state index < -0.39 is 5.97 Å². The molecule has 7 heteroatoms. The van der Waals surface area contributed by atoms with Gasteiger partial charge in [0.05, 0.1) is 18.7 Å². The minimum Gasteiger partial charge on any atom is -0.493 e. The Labute approximate surface area is 137 Å². The third-order valence-corrected chi connectivity index (χ3v) is 4.17. The fourth-order valence-electron chi connectivity index (χ4n) is 1.96. The topological polar surface area (TPSA) is 84.9 Å². The number of nitrogens with one attached hydrogen (secondary N) is 1. The van der Waals surface area contributed by atoms with Crippen molar-refractivity contribution in [3.63, 3.8) is 0 Å². The van der Waals surface area contributed by atoms with Gasteiger partial charge in [0.2, 0.25) is 0 Å². The molecule has 0 spiro atoms. The van der Waals surface area contributed by atoms with Gasteiger partial charge in [0, 0.05) is 4.88 Å². The number of hydrogen-bond acceptors (Lipinski definition) is 5. The summed E-state index contributed by atoms with van der Waals surface area (Å²) in [6.45, 7) is 1.71. The first kappa shape index (κ1) is 16.8. The number of benzene rings is 1. The number of hydrogen-bond donors (Lipinski definition) is 2. The van der Waals surface area contributed by atoms with Crippen LogP contribution in [0.15, 0.2) is 35.7 Å². The van der Waals surface area contributed by atoms with E-state index >= 15 is 0 Å². The Morgan fingerprint density at radius 1 is 1.30 bits per heavy atom. The SMILES string of the molecule is COc1cc(C(=O)O)ccc1OCC(=O)N[C@@H](C)c1cccs1. The molecular formula is C16H17NO5S. The van der Waals surface area contributed by atoms with E-state index in [1.807, 2.05) is 24.4 Å². The summed E-state index contributed by atoms with van der Waals surface area (Å²) < 4.78 is 10.5. The number of carboxylic acid groups (broad SMARTS) is 1. The quantitative estimate of drug-likeness (QED) is 0.813. The Bertz CT molecular complexity index is 684. The molecule has 2 rings (SSSR count). The van der Waals surface area contributed by atoms with Crippen LogP contribution >= 0.6 is 11.3 Å². The van der Waals surface area contributed by atoms with Crippen molar-refractivity contribution in [3.8, 4) is 11.5 Å². The second-order valence-corrected chi connectivity index (χ2v) is 5.74. The van der Waals surface area contributed by atoms with Crippen LogP contribution in [-0.2, 0) is 4.79 Å². The van der Waals surface area contributed by atoms with Gasteiger partial charge in [-0.3, -0.25) is 4.79 Å². The van der Waals surface area contributed by atoms with Crippen molar-refractivity contribution < 1.29 is 24.2 Å². The van der Waals surface area contributed by atoms with Gasteiger partial charge in [0.25, 0.3) is 5.91 Å². The third kappa shape index (κ3) is 4.46. The van der Waals surface area contributed by atoms with Gasteiger partial charge in [0.15, 0.2) is 18.1 Å². The summed E-state index contributed by atoms with van der Waals surface area (Å²) in [6.07, 6.45) is 0. The summed E-state index contributed by atoms with van der Waals surface area (Å²) >= 11 is 1.57. The monoisotopic (exact) mass is 335 g/mol. The first-order valence-corrected chi connectivity index (χ1v) is 7.76. The van der Waals surface area contributed by atoms with E-state index in [0.717, 1.165) is 4.88 Å². The normalized spacial score (nSPS) is 11.6. The van der Waals surface area contributed by atoms with Gasteiger partial charge in [-0.1, -0.05) is 6.07 Å². The van der Waals surface area contributed by atoms with E-state index in [1.165, 1.54) is 25.3 Å². The molecule has 23 heavy (non-hydrogen) atoms. The molecule has 0 bridgehead atoms. The van der Waals surface area contributed by atoms with Crippen LogP contribution in [0.2, 0.25) is 0 Å². The average molecular weight is 335 g/mol. The Morgan fingerprint density at radius 2 is 2.09 bits per heavy atom. The highest BCUT2D eigenvalue weighted by Gasteiger charge is 2.13. The summed E-state index contributed by atoms with van der Waals surface area (Å²) in [7, 11) is 1.41. The van der Waals surface area contributed by atoms with E-state index in [9.17, 15) is 9.59 Å². The number of rotatable bonds is 7. The zero-order valence-corrected chi connectivity index (χ0v) is 13.6. The highest BCUT2D eigenvalue weighted by Crippen LogP contribution is 2.28. The van der Waals surface area contributed by atoms with Crippen molar-refractivity contribution in [2.75, 3.05) is 13.7 Å². The van der Waals surface area contributed by atoms with Crippen LogP contribution in [-0.4, -0.2) is 30.7 Å². The first-order chi connectivity index (χ1) is 11.0. The number of thiophene rings is 1. The molecule has 122 valence electrons. The number of carboxylic acids is 1. The van der Waals surface area contributed by atoms with Crippen molar-refractivity contribution in [1.82, 2.24) is 5.32 Å². The predicted octanol–water partition coefficient (Wildman–Crippen LogP) is 2.71. The maximum absolute atomic E-state index is 11.9. The van der Waals surface area contributed by atoms with Gasteiger partial charge in [-0.15, -0.1) is 11.3 Å². The highest BCUT2D eigenvalue weighted by atomic mass is 32.1. The lowest BCUT2D eigenvalue weighted by atomic mass is 10.2. The zero-order valence-electron chi connectivity index (χ0n) is 12.7. The molecule has 0 fully saturated rings. The summed E-state index contributed by atoms with van der Waals surface area (Å²) in [5.74, 6) is -0.743. The third-order valence-electron chi connectivity index (χ3n) is 3.12. The lowest BCUT2D eigenvalue weighted by Crippen LogP contribution is -2.30. The van der Waals surface area contributed by atoms with E-state index in [1.54, 1.807) is 11.3 Å². The van der Waals surface area contributed by atoms with Gasteiger partial charge < -0.3 is 19.9 Å². The molecular weight excluding hydrogens is 318 g/mol. The minimum atomic E-state index is -1.06. The van der Waals surface area contributed by atoms with Gasteiger partial charge in [0.1, 0.15) is 0 Å². The van der Waals surface area contributed by atoms with Gasteiger partial charge in [-0.2, -0.15) is 0 Å². The Balaban J connectivity index is 1.95. The molecule has 0 aliphatic carbocycles. The number of ether oxygens (including phenoxy) is 2. The molecule has 0 saturated heterocycles. The maximum Gasteiger partial charge on any atom is 0.335 e. The molecule has 1 amide bonds. The molecule has 1 aromatic heterocycles. The summed E-state index contributed by atoms with van der Waals surface area (Å²) in [5, 5.41) is 13.7. The fourth-order valence-corrected chi connectivity index (χ4v) is 2.69.